The molecular formula is C11H17N2P. The second kappa shape index (κ2) is 4.10. The third-order valence-corrected chi connectivity index (χ3v) is 3.47. The fourth-order valence-electron chi connectivity index (χ4n) is 1.56. The Balaban J connectivity index is 3.44. The molecule has 0 heterocycles. The van der Waals surface area contributed by atoms with Crippen molar-refractivity contribution in [3.63, 3.8) is 0 Å². The predicted molar refractivity (Wildman–Crippen MR) is 66.5 cm³/mol. The highest BCUT2D eigenvalue weighted by molar-refractivity contribution is 7.64. The molecule has 2 nitrogen and oxygen atoms in total. The second-order valence-corrected chi connectivity index (χ2v) is 6.04. The molecule has 3 heteroatoms. The summed E-state index contributed by atoms with van der Waals surface area (Å²) in [4.78, 5) is 0. The van der Waals surface area contributed by atoms with Crippen molar-refractivity contribution in [1.82, 2.24) is 0 Å². The summed E-state index contributed by atoms with van der Waals surface area (Å²) < 4.78 is 0. The van der Waals surface area contributed by atoms with Crippen molar-refractivity contribution in [1.29, 1.82) is 5.41 Å². The van der Waals surface area contributed by atoms with E-state index in [0.29, 0.717) is 5.71 Å². The molecule has 0 saturated heterocycles. The van der Waals surface area contributed by atoms with Gasteiger partial charge in [-0.3, -0.25) is 0 Å². The standard InChI is InChI=1S/C11H17N2P/c1-7-5-9(13)11(8(2)12)10(6-7)14(3)4/h5-6,12H,13H2,1-4H3. The second-order valence-electron chi connectivity index (χ2n) is 3.77. The number of nitrogens with two attached hydrogens (primary N) is 1. The molecule has 1 aromatic carbocycles. The van der Waals surface area contributed by atoms with E-state index in [9.17, 15) is 0 Å². The summed E-state index contributed by atoms with van der Waals surface area (Å²) >= 11 is 0. The lowest BCUT2D eigenvalue weighted by molar-refractivity contribution is 1.44. The summed E-state index contributed by atoms with van der Waals surface area (Å²) in [6.07, 6.45) is 0. The van der Waals surface area contributed by atoms with E-state index in [0.717, 1.165) is 11.3 Å². The van der Waals surface area contributed by atoms with Gasteiger partial charge in [-0.1, -0.05) is 14.0 Å². The van der Waals surface area contributed by atoms with Gasteiger partial charge in [0.25, 0.3) is 0 Å². The lowest BCUT2D eigenvalue weighted by Crippen LogP contribution is -2.15. The highest BCUT2D eigenvalue weighted by Gasteiger charge is 2.11. The van der Waals surface area contributed by atoms with Gasteiger partial charge in [-0.25, -0.2) is 0 Å². The summed E-state index contributed by atoms with van der Waals surface area (Å²) in [6, 6.07) is 4.09. The van der Waals surface area contributed by atoms with Crippen molar-refractivity contribution in [3.05, 3.63) is 23.3 Å². The van der Waals surface area contributed by atoms with E-state index in [1.165, 1.54) is 10.9 Å². The third-order valence-electron chi connectivity index (χ3n) is 2.15. The smallest absolute Gasteiger partial charge is 0.0414 e. The topological polar surface area (TPSA) is 49.9 Å². The van der Waals surface area contributed by atoms with Crippen LogP contribution in [0.3, 0.4) is 0 Å². The Morgan fingerprint density at radius 2 is 1.93 bits per heavy atom. The lowest BCUT2D eigenvalue weighted by atomic mass is 10.1. The van der Waals surface area contributed by atoms with Gasteiger partial charge in [-0.05, 0) is 44.1 Å². The van der Waals surface area contributed by atoms with Gasteiger partial charge in [0.1, 0.15) is 0 Å². The van der Waals surface area contributed by atoms with E-state index in [2.05, 4.69) is 19.4 Å². The van der Waals surface area contributed by atoms with Crippen molar-refractivity contribution >= 4 is 24.6 Å². The van der Waals surface area contributed by atoms with Crippen LogP contribution < -0.4 is 11.0 Å². The van der Waals surface area contributed by atoms with Crippen molar-refractivity contribution in [3.8, 4) is 0 Å². The lowest BCUT2D eigenvalue weighted by Gasteiger charge is -2.15. The van der Waals surface area contributed by atoms with Crippen molar-refractivity contribution in [2.75, 3.05) is 19.1 Å². The monoisotopic (exact) mass is 208 g/mol. The van der Waals surface area contributed by atoms with Crippen LogP contribution in [0, 0.1) is 12.3 Å². The van der Waals surface area contributed by atoms with Crippen LogP contribution in [0.4, 0.5) is 5.69 Å². The van der Waals surface area contributed by atoms with Gasteiger partial charge in [0, 0.05) is 17.0 Å². The molecular weight excluding hydrogens is 191 g/mol. The van der Waals surface area contributed by atoms with E-state index in [1.54, 1.807) is 6.92 Å². The quantitative estimate of drug-likeness (QED) is 0.437. The van der Waals surface area contributed by atoms with Gasteiger partial charge in [-0.15, -0.1) is 0 Å². The highest BCUT2D eigenvalue weighted by atomic mass is 31.1. The maximum atomic E-state index is 7.71. The Labute approximate surface area is 86.8 Å². The van der Waals surface area contributed by atoms with Gasteiger partial charge in [0.15, 0.2) is 0 Å². The SMILES string of the molecule is CC(=N)c1c(N)cc(C)cc1P(C)C. The average molecular weight is 208 g/mol. The summed E-state index contributed by atoms with van der Waals surface area (Å²) in [7, 11) is -0.202. The number of aryl methyl sites for hydroxylation is 1. The van der Waals surface area contributed by atoms with Gasteiger partial charge >= 0.3 is 0 Å². The number of rotatable bonds is 2. The molecule has 0 aliphatic heterocycles. The Morgan fingerprint density at radius 3 is 2.36 bits per heavy atom. The van der Waals surface area contributed by atoms with Crippen LogP contribution in [0.1, 0.15) is 18.1 Å². The van der Waals surface area contributed by atoms with Crippen molar-refractivity contribution in [2.24, 2.45) is 0 Å². The number of nitrogen functional groups attached to an aromatic ring is 1. The zero-order valence-corrected chi connectivity index (χ0v) is 10.1. The van der Waals surface area contributed by atoms with E-state index in [4.69, 9.17) is 11.1 Å². The molecule has 1 aromatic rings. The van der Waals surface area contributed by atoms with Crippen molar-refractivity contribution < 1.29 is 0 Å². The van der Waals surface area contributed by atoms with Gasteiger partial charge in [0.05, 0.1) is 0 Å². The molecule has 0 aromatic heterocycles. The summed E-state index contributed by atoms with van der Waals surface area (Å²) in [5.74, 6) is 0. The van der Waals surface area contributed by atoms with Crippen LogP contribution in [0.2, 0.25) is 0 Å². The Hall–Kier alpha value is -0.880. The summed E-state index contributed by atoms with van der Waals surface area (Å²) in [6.45, 7) is 8.22. The molecule has 1 rings (SSSR count). The van der Waals surface area contributed by atoms with Crippen LogP contribution in [-0.2, 0) is 0 Å². The van der Waals surface area contributed by atoms with Crippen molar-refractivity contribution in [2.45, 2.75) is 13.8 Å². The average Bonchev–Trinajstić information content (AvgIpc) is 2.01. The molecule has 0 saturated carbocycles. The third kappa shape index (κ3) is 2.13. The first-order valence-corrected chi connectivity index (χ1v) is 6.80. The van der Waals surface area contributed by atoms with Crippen LogP contribution in [0.15, 0.2) is 12.1 Å². The fraction of sp³-hybridized carbons (Fsp3) is 0.364. The van der Waals surface area contributed by atoms with E-state index in [-0.39, 0.29) is 7.92 Å². The minimum atomic E-state index is -0.202. The summed E-state index contributed by atoms with van der Waals surface area (Å²) in [5.41, 5.74) is 9.35. The van der Waals surface area contributed by atoms with E-state index < -0.39 is 0 Å². The normalized spacial score (nSPS) is 10.6. The van der Waals surface area contributed by atoms with Crippen LogP contribution >= 0.6 is 7.92 Å². The molecule has 0 unspecified atom stereocenters. The molecule has 3 N–H and O–H groups in total. The van der Waals surface area contributed by atoms with E-state index >= 15 is 0 Å². The zero-order valence-electron chi connectivity index (χ0n) is 9.18. The molecule has 0 amide bonds. The van der Waals surface area contributed by atoms with Gasteiger partial charge in [-0.2, -0.15) is 0 Å². The minimum absolute atomic E-state index is 0.202. The van der Waals surface area contributed by atoms with Crippen LogP contribution in [0.25, 0.3) is 0 Å². The predicted octanol–water partition coefficient (Wildman–Crippen LogP) is 2.33. The summed E-state index contributed by atoms with van der Waals surface area (Å²) in [5, 5.41) is 8.95. The van der Waals surface area contributed by atoms with Crippen LogP contribution in [0.5, 0.6) is 0 Å². The Bertz CT molecular complexity index is 370. The number of anilines is 1. The number of nitrogens with one attached hydrogen (secondary N) is 1. The molecule has 0 spiro atoms. The Morgan fingerprint density at radius 1 is 1.36 bits per heavy atom. The number of hydrogen-bond acceptors (Lipinski definition) is 2. The molecule has 0 atom stereocenters. The largest absolute Gasteiger partial charge is 0.398 e. The minimum Gasteiger partial charge on any atom is -0.398 e. The molecule has 76 valence electrons. The zero-order chi connectivity index (χ0) is 10.9. The molecule has 0 aliphatic carbocycles. The first kappa shape index (κ1) is 11.2. The van der Waals surface area contributed by atoms with Gasteiger partial charge < -0.3 is 11.1 Å². The molecule has 0 radical (unpaired) electrons. The molecule has 14 heavy (non-hydrogen) atoms. The van der Waals surface area contributed by atoms with E-state index in [1.807, 2.05) is 13.0 Å². The Kier molecular flexibility index (Phi) is 3.28. The molecule has 0 aliphatic rings. The highest BCUT2D eigenvalue weighted by Crippen LogP contribution is 2.29. The number of benzene rings is 1. The maximum Gasteiger partial charge on any atom is 0.0414 e. The fourth-order valence-corrected chi connectivity index (χ4v) is 2.76. The first-order valence-electron chi connectivity index (χ1n) is 4.56. The van der Waals surface area contributed by atoms with Gasteiger partial charge in [0.2, 0.25) is 0 Å². The maximum absolute atomic E-state index is 7.71. The number of hydrogen-bond donors (Lipinski definition) is 2. The first-order chi connectivity index (χ1) is 6.43. The molecule has 0 bridgehead atoms. The molecule has 0 fully saturated rings. The van der Waals surface area contributed by atoms with Crippen LogP contribution in [-0.4, -0.2) is 19.0 Å².